The van der Waals surface area contributed by atoms with Crippen molar-refractivity contribution < 1.29 is 9.90 Å². The molecule has 0 radical (unpaired) electrons. The fourth-order valence-electron chi connectivity index (χ4n) is 1.25. The highest BCUT2D eigenvalue weighted by Crippen LogP contribution is 2.02. The Morgan fingerprint density at radius 3 is 2.59 bits per heavy atom. The summed E-state index contributed by atoms with van der Waals surface area (Å²) in [7, 11) is 0. The van der Waals surface area contributed by atoms with E-state index < -0.39 is 17.2 Å². The number of nitrogens with zero attached hydrogens (tertiary/aromatic N) is 2. The molecule has 0 fully saturated rings. The van der Waals surface area contributed by atoms with Gasteiger partial charge in [-0.05, 0) is 12.1 Å². The van der Waals surface area contributed by atoms with Gasteiger partial charge in [0, 0.05) is 18.5 Å². The van der Waals surface area contributed by atoms with Crippen molar-refractivity contribution in [3.63, 3.8) is 0 Å². The molecule has 0 aliphatic carbocycles. The minimum Gasteiger partial charge on any atom is -0.478 e. The quantitative estimate of drug-likeness (QED) is 0.735. The molecule has 2 aromatic rings. The van der Waals surface area contributed by atoms with Gasteiger partial charge in [0.25, 0.3) is 5.56 Å². The molecule has 17 heavy (non-hydrogen) atoms. The standard InChI is InChI=1S/C10H7N3O4/c14-8-3-4-13(10(17)12-8)7-2-1-6(5-11-7)9(15)16/h1-5H,(H,15,16)(H,12,14,17). The van der Waals surface area contributed by atoms with E-state index in [0.29, 0.717) is 0 Å². The summed E-state index contributed by atoms with van der Waals surface area (Å²) in [6.45, 7) is 0. The first-order valence-corrected chi connectivity index (χ1v) is 4.59. The minimum atomic E-state index is -1.10. The number of H-pyrrole nitrogens is 1. The van der Waals surface area contributed by atoms with Gasteiger partial charge in [-0.1, -0.05) is 0 Å². The van der Waals surface area contributed by atoms with E-state index >= 15 is 0 Å². The zero-order valence-corrected chi connectivity index (χ0v) is 8.45. The summed E-state index contributed by atoms with van der Waals surface area (Å²) in [4.78, 5) is 38.8. The molecule has 0 atom stereocenters. The third kappa shape index (κ3) is 2.12. The van der Waals surface area contributed by atoms with Crippen LogP contribution < -0.4 is 11.2 Å². The van der Waals surface area contributed by atoms with Crippen LogP contribution in [0.25, 0.3) is 5.82 Å². The van der Waals surface area contributed by atoms with Crippen molar-refractivity contribution in [1.29, 1.82) is 0 Å². The van der Waals surface area contributed by atoms with Gasteiger partial charge in [0.2, 0.25) is 0 Å². The van der Waals surface area contributed by atoms with Gasteiger partial charge in [0.05, 0.1) is 5.56 Å². The molecule has 0 aliphatic heterocycles. The van der Waals surface area contributed by atoms with E-state index in [2.05, 4.69) is 9.97 Å². The summed E-state index contributed by atoms with van der Waals surface area (Å²) in [5.74, 6) is -0.867. The maximum Gasteiger partial charge on any atom is 0.337 e. The van der Waals surface area contributed by atoms with Crippen molar-refractivity contribution in [3.8, 4) is 5.82 Å². The number of hydrogen-bond donors (Lipinski definition) is 2. The van der Waals surface area contributed by atoms with Crippen LogP contribution in [0, 0.1) is 0 Å². The first kappa shape index (κ1) is 10.8. The van der Waals surface area contributed by atoms with Crippen LogP contribution in [0.5, 0.6) is 0 Å². The topological polar surface area (TPSA) is 105 Å². The van der Waals surface area contributed by atoms with Gasteiger partial charge in [0.1, 0.15) is 5.82 Å². The number of pyridine rings is 1. The molecule has 7 nitrogen and oxygen atoms in total. The van der Waals surface area contributed by atoms with E-state index in [-0.39, 0.29) is 11.4 Å². The van der Waals surface area contributed by atoms with Gasteiger partial charge in [-0.3, -0.25) is 14.3 Å². The van der Waals surface area contributed by atoms with Gasteiger partial charge in [-0.2, -0.15) is 0 Å². The number of aromatic carboxylic acids is 1. The highest BCUT2D eigenvalue weighted by atomic mass is 16.4. The maximum absolute atomic E-state index is 11.4. The van der Waals surface area contributed by atoms with Crippen LogP contribution in [0.15, 0.2) is 40.2 Å². The first-order valence-electron chi connectivity index (χ1n) is 4.59. The van der Waals surface area contributed by atoms with Crippen LogP contribution in [0.3, 0.4) is 0 Å². The molecule has 2 heterocycles. The molecule has 0 aromatic carbocycles. The van der Waals surface area contributed by atoms with Crippen molar-refractivity contribution in [2.75, 3.05) is 0 Å². The van der Waals surface area contributed by atoms with E-state index in [0.717, 1.165) is 10.8 Å². The summed E-state index contributed by atoms with van der Waals surface area (Å²) < 4.78 is 1.10. The van der Waals surface area contributed by atoms with E-state index in [1.807, 2.05) is 0 Å². The zero-order chi connectivity index (χ0) is 12.4. The molecule has 2 aromatic heterocycles. The van der Waals surface area contributed by atoms with Crippen LogP contribution in [0.4, 0.5) is 0 Å². The monoisotopic (exact) mass is 233 g/mol. The Balaban J connectivity index is 2.50. The van der Waals surface area contributed by atoms with Gasteiger partial charge in [-0.15, -0.1) is 0 Å². The SMILES string of the molecule is O=C(O)c1ccc(-n2ccc(=O)[nH]c2=O)nc1. The molecule has 0 saturated carbocycles. The lowest BCUT2D eigenvalue weighted by Crippen LogP contribution is -2.27. The summed E-state index contributed by atoms with van der Waals surface area (Å²) in [5.41, 5.74) is -1.12. The molecule has 7 heteroatoms. The van der Waals surface area contributed by atoms with Crippen molar-refractivity contribution in [2.45, 2.75) is 0 Å². The lowest BCUT2D eigenvalue weighted by atomic mass is 10.3. The molecular weight excluding hydrogens is 226 g/mol. The third-order valence-electron chi connectivity index (χ3n) is 2.07. The van der Waals surface area contributed by atoms with E-state index in [9.17, 15) is 14.4 Å². The number of carboxylic acid groups (broad SMARTS) is 1. The molecule has 0 saturated heterocycles. The third-order valence-corrected chi connectivity index (χ3v) is 2.07. The molecule has 2 rings (SSSR count). The van der Waals surface area contributed by atoms with Crippen molar-refractivity contribution in [1.82, 2.24) is 14.5 Å². The second-order valence-electron chi connectivity index (χ2n) is 3.19. The predicted octanol–water partition coefficient (Wildman–Crippen LogP) is -0.381. The van der Waals surface area contributed by atoms with E-state index in [4.69, 9.17) is 5.11 Å². The average Bonchev–Trinajstić information content (AvgIpc) is 2.29. The predicted molar refractivity (Wildman–Crippen MR) is 57.4 cm³/mol. The molecule has 2 N–H and O–H groups in total. The molecular formula is C10H7N3O4. The lowest BCUT2D eigenvalue weighted by molar-refractivity contribution is 0.0696. The number of carboxylic acids is 1. The molecule has 0 unspecified atom stereocenters. The highest BCUT2D eigenvalue weighted by Gasteiger charge is 2.05. The fraction of sp³-hybridized carbons (Fsp3) is 0. The van der Waals surface area contributed by atoms with E-state index in [1.54, 1.807) is 0 Å². The Hall–Kier alpha value is -2.70. The Morgan fingerprint density at radius 2 is 2.06 bits per heavy atom. The van der Waals surface area contributed by atoms with Gasteiger partial charge in [-0.25, -0.2) is 14.6 Å². The molecule has 86 valence electrons. The summed E-state index contributed by atoms with van der Waals surface area (Å²) >= 11 is 0. The van der Waals surface area contributed by atoms with Crippen molar-refractivity contribution >= 4 is 5.97 Å². The second kappa shape index (κ2) is 4.05. The Bertz CT molecular complexity index is 669. The zero-order valence-electron chi connectivity index (χ0n) is 8.45. The lowest BCUT2D eigenvalue weighted by Gasteiger charge is -2.02. The number of hydrogen-bond acceptors (Lipinski definition) is 4. The molecule has 0 aliphatic rings. The average molecular weight is 233 g/mol. The minimum absolute atomic E-state index is 0.0197. The number of carbonyl (C=O) groups is 1. The van der Waals surface area contributed by atoms with Crippen molar-refractivity contribution in [2.24, 2.45) is 0 Å². The van der Waals surface area contributed by atoms with Crippen molar-refractivity contribution in [3.05, 3.63) is 57.0 Å². The van der Waals surface area contributed by atoms with Gasteiger partial charge in [0.15, 0.2) is 0 Å². The first-order chi connectivity index (χ1) is 8.08. The Kier molecular flexibility index (Phi) is 2.57. The van der Waals surface area contributed by atoms with Crippen LogP contribution in [-0.2, 0) is 0 Å². The van der Waals surface area contributed by atoms with Crippen LogP contribution in [0.1, 0.15) is 10.4 Å². The molecule has 0 bridgehead atoms. The molecule has 0 spiro atoms. The van der Waals surface area contributed by atoms with Crippen LogP contribution in [-0.4, -0.2) is 25.6 Å². The number of nitrogens with one attached hydrogen (secondary N) is 1. The largest absolute Gasteiger partial charge is 0.478 e. The normalized spacial score (nSPS) is 10.1. The highest BCUT2D eigenvalue weighted by molar-refractivity contribution is 5.87. The maximum atomic E-state index is 11.4. The fourth-order valence-corrected chi connectivity index (χ4v) is 1.25. The Morgan fingerprint density at radius 1 is 1.29 bits per heavy atom. The van der Waals surface area contributed by atoms with Gasteiger partial charge >= 0.3 is 11.7 Å². The second-order valence-corrected chi connectivity index (χ2v) is 3.19. The summed E-state index contributed by atoms with van der Waals surface area (Å²) in [6.07, 6.45) is 2.40. The summed E-state index contributed by atoms with van der Waals surface area (Å²) in [5, 5.41) is 8.68. The number of aromatic amines is 1. The molecule has 0 amide bonds. The van der Waals surface area contributed by atoms with E-state index in [1.165, 1.54) is 24.4 Å². The number of rotatable bonds is 2. The van der Waals surface area contributed by atoms with Gasteiger partial charge < -0.3 is 5.11 Å². The summed E-state index contributed by atoms with van der Waals surface area (Å²) in [6, 6.07) is 3.87. The van der Waals surface area contributed by atoms with Crippen LogP contribution >= 0.6 is 0 Å². The Labute approximate surface area is 94.0 Å². The number of aromatic nitrogens is 3. The van der Waals surface area contributed by atoms with Crippen LogP contribution in [0.2, 0.25) is 0 Å². The smallest absolute Gasteiger partial charge is 0.337 e.